The number of ether oxygens (including phenoxy) is 2. The van der Waals surface area contributed by atoms with Gasteiger partial charge in [-0.1, -0.05) is 97.4 Å². The average Bonchev–Trinajstić information content (AvgIpc) is 3.71. The molecule has 0 saturated carbocycles. The maximum absolute atomic E-state index is 14.6. The Hall–Kier alpha value is -3.84. The highest BCUT2D eigenvalue weighted by atomic mass is 16.5. The number of Topliss-reactive ketones (excluding diaryl/α,β-unsaturated/α-hetero) is 1. The fourth-order valence-electron chi connectivity index (χ4n) is 9.14. The number of aliphatic hydroxyl groups is 1. The molecule has 12 nitrogen and oxygen atoms in total. The number of amides is 3. The van der Waals surface area contributed by atoms with Crippen molar-refractivity contribution in [1.29, 1.82) is 0 Å². The summed E-state index contributed by atoms with van der Waals surface area (Å²) in [4.78, 5) is 62.3. The van der Waals surface area contributed by atoms with Crippen LogP contribution >= 0.6 is 0 Å². The summed E-state index contributed by atoms with van der Waals surface area (Å²) >= 11 is 0. The van der Waals surface area contributed by atoms with Gasteiger partial charge in [-0.15, -0.1) is 0 Å². The molecule has 1 aliphatic rings. The molecular formula is C48H77N5O7. The van der Waals surface area contributed by atoms with E-state index in [0.29, 0.717) is 30.8 Å². The molecule has 3 amide bonds. The predicted molar refractivity (Wildman–Crippen MR) is 239 cm³/mol. The first-order chi connectivity index (χ1) is 28.4. The lowest BCUT2D eigenvalue weighted by Crippen LogP contribution is -2.54. The van der Waals surface area contributed by atoms with Crippen LogP contribution in [0.2, 0.25) is 0 Å². The fraction of sp³-hybridized carbons (Fsp3) is 0.667. The van der Waals surface area contributed by atoms with Crippen molar-refractivity contribution in [3.63, 3.8) is 0 Å². The molecule has 1 fully saturated rings. The molecule has 0 aliphatic carbocycles. The number of likely N-dealkylation sites (tertiary alicyclic amines) is 1. The van der Waals surface area contributed by atoms with Gasteiger partial charge in [0.25, 0.3) is 0 Å². The Balaban J connectivity index is 1.75. The number of carbonyl (C=O) groups is 4. The highest BCUT2D eigenvalue weighted by Gasteiger charge is 2.43. The number of nitrogen functional groups attached to an aromatic ring is 1. The summed E-state index contributed by atoms with van der Waals surface area (Å²) in [6.45, 7) is 17.0. The molecule has 1 heterocycles. The van der Waals surface area contributed by atoms with Crippen molar-refractivity contribution < 1.29 is 33.8 Å². The SMILES string of the molecule is CC[C@H](C)[C@@H]([C@@H](CC(=O)N1CCC[C@H]1[C@H](OC)[C@@H](C)C(=O)N[C@H](C)[C@@H](O)c1ccccc1)OC)N(C)C(=O)[C@@H](CC(=O)[C@H](C(C)C)N(C)CCc1ccc(N)cc1)C(C)C. The van der Waals surface area contributed by atoms with Gasteiger partial charge in [-0.2, -0.15) is 0 Å². The number of rotatable bonds is 24. The van der Waals surface area contributed by atoms with Crippen LogP contribution in [-0.2, 0) is 35.1 Å². The van der Waals surface area contributed by atoms with Gasteiger partial charge in [-0.3, -0.25) is 24.1 Å². The van der Waals surface area contributed by atoms with Crippen molar-refractivity contribution in [1.82, 2.24) is 20.0 Å². The first kappa shape index (κ1) is 50.5. The van der Waals surface area contributed by atoms with Gasteiger partial charge in [0.05, 0.1) is 54.8 Å². The molecule has 0 radical (unpaired) electrons. The Morgan fingerprint density at radius 3 is 2.08 bits per heavy atom. The van der Waals surface area contributed by atoms with Gasteiger partial charge in [-0.25, -0.2) is 0 Å². The number of methoxy groups -OCH3 is 2. The van der Waals surface area contributed by atoms with Crippen LogP contribution in [0.5, 0.6) is 0 Å². The lowest BCUT2D eigenvalue weighted by atomic mass is 9.83. The van der Waals surface area contributed by atoms with Crippen LogP contribution in [-0.4, -0.2) is 121 Å². The summed E-state index contributed by atoms with van der Waals surface area (Å²) in [5.74, 6) is -1.70. The highest BCUT2D eigenvalue weighted by molar-refractivity contribution is 5.90. The second-order valence-electron chi connectivity index (χ2n) is 17.9. The summed E-state index contributed by atoms with van der Waals surface area (Å²) in [6.07, 6.45) is 1.03. The third-order valence-electron chi connectivity index (χ3n) is 13.0. The van der Waals surface area contributed by atoms with Crippen LogP contribution in [0.1, 0.15) is 105 Å². The van der Waals surface area contributed by atoms with Gasteiger partial charge in [0.1, 0.15) is 0 Å². The Bertz CT molecular complexity index is 1640. The average molecular weight is 836 g/mol. The van der Waals surface area contributed by atoms with Gasteiger partial charge in [-0.05, 0) is 74.2 Å². The molecule has 336 valence electrons. The Kier molecular flexibility index (Phi) is 20.2. The van der Waals surface area contributed by atoms with Gasteiger partial charge in [0.2, 0.25) is 17.7 Å². The highest BCUT2D eigenvalue weighted by Crippen LogP contribution is 2.31. The number of anilines is 1. The zero-order chi connectivity index (χ0) is 44.8. The van der Waals surface area contributed by atoms with E-state index in [0.717, 1.165) is 24.8 Å². The third kappa shape index (κ3) is 13.3. The molecule has 10 atom stereocenters. The molecule has 3 rings (SSSR count). The first-order valence-corrected chi connectivity index (χ1v) is 22.1. The number of hydrogen-bond donors (Lipinski definition) is 3. The first-order valence-electron chi connectivity index (χ1n) is 22.1. The number of nitrogens with two attached hydrogens (primary N) is 1. The molecule has 60 heavy (non-hydrogen) atoms. The van der Waals surface area contributed by atoms with E-state index in [4.69, 9.17) is 15.2 Å². The third-order valence-corrected chi connectivity index (χ3v) is 13.0. The smallest absolute Gasteiger partial charge is 0.226 e. The molecule has 12 heteroatoms. The van der Waals surface area contributed by atoms with E-state index in [1.54, 1.807) is 40.0 Å². The summed E-state index contributed by atoms with van der Waals surface area (Å²) < 4.78 is 12.1. The van der Waals surface area contributed by atoms with Crippen molar-refractivity contribution in [2.45, 2.75) is 136 Å². The molecule has 0 aromatic heterocycles. The van der Waals surface area contributed by atoms with E-state index >= 15 is 0 Å². The number of hydrogen-bond acceptors (Lipinski definition) is 9. The molecule has 0 unspecified atom stereocenters. The minimum absolute atomic E-state index is 0.0128. The maximum Gasteiger partial charge on any atom is 0.226 e. The van der Waals surface area contributed by atoms with E-state index < -0.39 is 42.2 Å². The number of ketones is 1. The zero-order valence-electron chi connectivity index (χ0n) is 38.6. The summed E-state index contributed by atoms with van der Waals surface area (Å²) in [7, 11) is 6.91. The van der Waals surface area contributed by atoms with Crippen molar-refractivity contribution >= 4 is 29.2 Å². The largest absolute Gasteiger partial charge is 0.399 e. The van der Waals surface area contributed by atoms with Crippen molar-refractivity contribution in [3.05, 3.63) is 65.7 Å². The second-order valence-corrected chi connectivity index (χ2v) is 17.9. The van der Waals surface area contributed by atoms with E-state index in [-0.39, 0.29) is 66.2 Å². The molecule has 2 aromatic carbocycles. The lowest BCUT2D eigenvalue weighted by Gasteiger charge is -2.41. The summed E-state index contributed by atoms with van der Waals surface area (Å²) in [6, 6.07) is 15.3. The maximum atomic E-state index is 14.6. The number of aliphatic hydroxyl groups excluding tert-OH is 1. The zero-order valence-corrected chi connectivity index (χ0v) is 38.6. The monoisotopic (exact) mass is 836 g/mol. The van der Waals surface area contributed by atoms with Crippen molar-refractivity contribution in [2.75, 3.05) is 47.1 Å². The Morgan fingerprint density at radius 1 is 0.900 bits per heavy atom. The molecule has 2 aromatic rings. The van der Waals surface area contributed by atoms with Crippen LogP contribution in [0.4, 0.5) is 5.69 Å². The number of benzene rings is 2. The van der Waals surface area contributed by atoms with Crippen molar-refractivity contribution in [3.8, 4) is 0 Å². The minimum Gasteiger partial charge on any atom is -0.399 e. The van der Waals surface area contributed by atoms with Crippen LogP contribution in [0, 0.1) is 29.6 Å². The second kappa shape index (κ2) is 24.0. The van der Waals surface area contributed by atoms with Crippen LogP contribution < -0.4 is 11.1 Å². The summed E-state index contributed by atoms with van der Waals surface area (Å²) in [5.41, 5.74) is 8.45. The molecule has 0 bridgehead atoms. The van der Waals surface area contributed by atoms with Gasteiger partial charge >= 0.3 is 0 Å². The van der Waals surface area contributed by atoms with Gasteiger partial charge < -0.3 is 35.4 Å². The molecule has 1 saturated heterocycles. The minimum atomic E-state index is -0.881. The van der Waals surface area contributed by atoms with Crippen LogP contribution in [0.15, 0.2) is 54.6 Å². The van der Waals surface area contributed by atoms with Crippen molar-refractivity contribution in [2.24, 2.45) is 29.6 Å². The van der Waals surface area contributed by atoms with Crippen LogP contribution in [0.3, 0.4) is 0 Å². The van der Waals surface area contributed by atoms with E-state index in [1.807, 2.05) is 94.2 Å². The Labute approximate surface area is 360 Å². The predicted octanol–water partition coefficient (Wildman–Crippen LogP) is 6.16. The number of nitrogens with one attached hydrogen (secondary N) is 1. The number of carbonyl (C=O) groups excluding carboxylic acids is 4. The number of nitrogens with zero attached hydrogens (tertiary/aromatic N) is 3. The summed E-state index contributed by atoms with van der Waals surface area (Å²) in [5, 5.41) is 13.8. The van der Waals surface area contributed by atoms with E-state index in [9.17, 15) is 24.3 Å². The van der Waals surface area contributed by atoms with E-state index in [1.165, 1.54) is 0 Å². The van der Waals surface area contributed by atoms with Gasteiger partial charge in [0.15, 0.2) is 5.78 Å². The van der Waals surface area contributed by atoms with E-state index in [2.05, 4.69) is 24.1 Å². The lowest BCUT2D eigenvalue weighted by molar-refractivity contribution is -0.149. The molecular weight excluding hydrogens is 759 g/mol. The molecule has 0 spiro atoms. The van der Waals surface area contributed by atoms with Crippen LogP contribution in [0.25, 0.3) is 0 Å². The normalized spacial score (nSPS) is 19.0. The van der Waals surface area contributed by atoms with Gasteiger partial charge in [0, 0.05) is 52.4 Å². The molecule has 1 aliphatic heterocycles. The number of likely N-dealkylation sites (N-methyl/N-ethyl adjacent to an activating group) is 2. The fourth-order valence-corrected chi connectivity index (χ4v) is 9.14. The standard InChI is InChI=1S/C48H77N5O7/c1-13-32(6)44(52(10)48(58)38(30(2)3)28-40(54)43(31(4)5)51(9)27-25-35-21-23-37(49)24-22-35)41(59-11)29-42(55)53-26-17-20-39(53)46(60-12)33(7)47(57)50-34(8)45(56)36-18-15-14-16-19-36/h14-16,18-19,21-24,30-34,38-39,41,43-46,56H,13,17,20,25-29,49H2,1-12H3,(H,50,57)/t32-,33+,34+,38-,39-,41+,43-,44-,45+,46+/m0/s1. The Morgan fingerprint density at radius 2 is 1.53 bits per heavy atom. The quantitative estimate of drug-likeness (QED) is 0.106. The topological polar surface area (TPSA) is 155 Å². The molecule has 4 N–H and O–H groups in total.